The Labute approximate surface area is 115 Å². The average Bonchev–Trinajstić information content (AvgIpc) is 3.02. The maximum Gasteiger partial charge on any atom is 0.257 e. The number of nitrogens with one attached hydrogen (secondary N) is 1. The maximum absolute atomic E-state index is 4.42. The fourth-order valence-corrected chi connectivity index (χ4v) is 1.72. The molecule has 0 saturated carbocycles. The van der Waals surface area contributed by atoms with Crippen molar-refractivity contribution in [1.82, 2.24) is 29.7 Å². The number of hydrogen-bond acceptors (Lipinski definition) is 6. The van der Waals surface area contributed by atoms with Gasteiger partial charge in [-0.2, -0.15) is 24.7 Å². The zero-order valence-electron chi connectivity index (χ0n) is 11.1. The van der Waals surface area contributed by atoms with E-state index in [0.29, 0.717) is 17.7 Å². The molecule has 0 unspecified atom stereocenters. The summed E-state index contributed by atoms with van der Waals surface area (Å²) in [4.78, 5) is 17.0. The van der Waals surface area contributed by atoms with E-state index in [2.05, 4.69) is 30.4 Å². The van der Waals surface area contributed by atoms with Crippen LogP contribution in [0.4, 0.5) is 5.95 Å². The Balaban J connectivity index is 2.11. The summed E-state index contributed by atoms with van der Waals surface area (Å²) in [5.74, 6) is 1.51. The lowest BCUT2D eigenvalue weighted by Gasteiger charge is -2.06. The van der Waals surface area contributed by atoms with Gasteiger partial charge >= 0.3 is 0 Å². The standard InChI is InChI=1S/C13H13N7/c1-9-3-5-10(6-4-9)11-17-12(14-2)19-13(18-11)20-8-15-7-16-20/h3-8H,1-2H3,(H,14,17,18,19). The van der Waals surface area contributed by atoms with Crippen molar-refractivity contribution < 1.29 is 0 Å². The van der Waals surface area contributed by atoms with Crippen LogP contribution in [0, 0.1) is 6.92 Å². The van der Waals surface area contributed by atoms with E-state index >= 15 is 0 Å². The Morgan fingerprint density at radius 2 is 1.85 bits per heavy atom. The molecule has 1 N–H and O–H groups in total. The SMILES string of the molecule is CNc1nc(-c2ccc(C)cc2)nc(-n2cncn2)n1. The van der Waals surface area contributed by atoms with Gasteiger partial charge < -0.3 is 5.32 Å². The van der Waals surface area contributed by atoms with Gasteiger partial charge in [-0.15, -0.1) is 0 Å². The number of benzene rings is 1. The summed E-state index contributed by atoms with van der Waals surface area (Å²) in [6.45, 7) is 2.04. The van der Waals surface area contributed by atoms with Crippen LogP contribution in [0.2, 0.25) is 0 Å². The van der Waals surface area contributed by atoms with E-state index in [1.54, 1.807) is 13.4 Å². The summed E-state index contributed by atoms with van der Waals surface area (Å²) >= 11 is 0. The molecule has 0 aliphatic heterocycles. The van der Waals surface area contributed by atoms with Crippen LogP contribution in [-0.2, 0) is 0 Å². The second-order valence-corrected chi connectivity index (χ2v) is 4.24. The van der Waals surface area contributed by atoms with Gasteiger partial charge in [-0.3, -0.25) is 0 Å². The maximum atomic E-state index is 4.42. The van der Waals surface area contributed by atoms with E-state index < -0.39 is 0 Å². The van der Waals surface area contributed by atoms with Gasteiger partial charge in [0, 0.05) is 12.6 Å². The molecule has 0 bridgehead atoms. The molecule has 100 valence electrons. The molecule has 3 aromatic rings. The molecule has 0 spiro atoms. The molecule has 7 heteroatoms. The minimum atomic E-state index is 0.428. The normalized spacial score (nSPS) is 10.5. The Morgan fingerprint density at radius 3 is 2.50 bits per heavy atom. The predicted molar refractivity (Wildman–Crippen MR) is 74.5 cm³/mol. The van der Waals surface area contributed by atoms with Crippen molar-refractivity contribution in [3.63, 3.8) is 0 Å². The first-order valence-electron chi connectivity index (χ1n) is 6.12. The van der Waals surface area contributed by atoms with E-state index in [1.807, 2.05) is 31.2 Å². The first-order chi connectivity index (χ1) is 9.76. The molecule has 0 radical (unpaired) electrons. The average molecular weight is 267 g/mol. The zero-order chi connectivity index (χ0) is 13.9. The first kappa shape index (κ1) is 12.2. The summed E-state index contributed by atoms with van der Waals surface area (Å²) in [7, 11) is 1.76. The fourth-order valence-electron chi connectivity index (χ4n) is 1.72. The van der Waals surface area contributed by atoms with Crippen molar-refractivity contribution in [2.24, 2.45) is 0 Å². The highest BCUT2D eigenvalue weighted by molar-refractivity contribution is 5.57. The quantitative estimate of drug-likeness (QED) is 0.774. The van der Waals surface area contributed by atoms with Crippen LogP contribution in [0.5, 0.6) is 0 Å². The molecule has 20 heavy (non-hydrogen) atoms. The van der Waals surface area contributed by atoms with E-state index in [9.17, 15) is 0 Å². The largest absolute Gasteiger partial charge is 0.357 e. The highest BCUT2D eigenvalue weighted by atomic mass is 15.4. The third-order valence-electron chi connectivity index (χ3n) is 2.78. The van der Waals surface area contributed by atoms with Crippen LogP contribution in [0.1, 0.15) is 5.56 Å². The van der Waals surface area contributed by atoms with Crippen LogP contribution in [0.25, 0.3) is 17.3 Å². The lowest BCUT2D eigenvalue weighted by Crippen LogP contribution is -2.08. The molecule has 0 aliphatic rings. The van der Waals surface area contributed by atoms with Gasteiger partial charge in [-0.05, 0) is 6.92 Å². The summed E-state index contributed by atoms with van der Waals surface area (Å²) in [6, 6.07) is 8.01. The molecule has 7 nitrogen and oxygen atoms in total. The second-order valence-electron chi connectivity index (χ2n) is 4.24. The molecule has 2 heterocycles. The number of nitrogens with zero attached hydrogens (tertiary/aromatic N) is 6. The minimum absolute atomic E-state index is 0.428. The highest BCUT2D eigenvalue weighted by Crippen LogP contribution is 2.17. The van der Waals surface area contributed by atoms with Gasteiger partial charge in [-0.25, -0.2) is 4.98 Å². The van der Waals surface area contributed by atoms with Crippen molar-refractivity contribution >= 4 is 5.95 Å². The first-order valence-corrected chi connectivity index (χ1v) is 6.12. The molecule has 1 aromatic carbocycles. The third-order valence-corrected chi connectivity index (χ3v) is 2.78. The second kappa shape index (κ2) is 5.04. The Bertz CT molecular complexity index is 704. The van der Waals surface area contributed by atoms with E-state index in [-0.39, 0.29) is 0 Å². The summed E-state index contributed by atoms with van der Waals surface area (Å²) < 4.78 is 1.50. The molecule has 3 rings (SSSR count). The summed E-state index contributed by atoms with van der Waals surface area (Å²) in [5, 5.41) is 6.96. The van der Waals surface area contributed by atoms with Crippen molar-refractivity contribution in [2.45, 2.75) is 6.92 Å². The van der Waals surface area contributed by atoms with E-state index in [1.165, 1.54) is 16.6 Å². The van der Waals surface area contributed by atoms with Crippen molar-refractivity contribution in [3.8, 4) is 17.3 Å². The monoisotopic (exact) mass is 267 g/mol. The molecular formula is C13H13N7. The number of hydrogen-bond donors (Lipinski definition) is 1. The van der Waals surface area contributed by atoms with Crippen LogP contribution < -0.4 is 5.32 Å². The van der Waals surface area contributed by atoms with Gasteiger partial charge in [0.2, 0.25) is 5.95 Å². The molecular weight excluding hydrogens is 254 g/mol. The van der Waals surface area contributed by atoms with Crippen molar-refractivity contribution in [3.05, 3.63) is 42.5 Å². The van der Waals surface area contributed by atoms with E-state index in [4.69, 9.17) is 0 Å². The molecule has 2 aromatic heterocycles. The van der Waals surface area contributed by atoms with Crippen LogP contribution in [-0.4, -0.2) is 36.8 Å². The Morgan fingerprint density at radius 1 is 1.05 bits per heavy atom. The van der Waals surface area contributed by atoms with E-state index in [0.717, 1.165) is 5.56 Å². The highest BCUT2D eigenvalue weighted by Gasteiger charge is 2.09. The molecule has 0 saturated heterocycles. The van der Waals surface area contributed by atoms with Crippen LogP contribution >= 0.6 is 0 Å². The smallest absolute Gasteiger partial charge is 0.257 e. The third kappa shape index (κ3) is 2.33. The molecule has 0 amide bonds. The summed E-state index contributed by atoms with van der Waals surface area (Å²) in [6.07, 6.45) is 2.99. The molecule has 0 aliphatic carbocycles. The number of aryl methyl sites for hydroxylation is 1. The minimum Gasteiger partial charge on any atom is -0.357 e. The lowest BCUT2D eigenvalue weighted by molar-refractivity contribution is 0.798. The predicted octanol–water partition coefficient (Wildman–Crippen LogP) is 1.47. The van der Waals surface area contributed by atoms with Gasteiger partial charge in [0.1, 0.15) is 12.7 Å². The van der Waals surface area contributed by atoms with Gasteiger partial charge in [0.25, 0.3) is 5.95 Å². The zero-order valence-corrected chi connectivity index (χ0v) is 11.1. The van der Waals surface area contributed by atoms with Crippen molar-refractivity contribution in [2.75, 3.05) is 12.4 Å². The lowest BCUT2D eigenvalue weighted by atomic mass is 10.1. The van der Waals surface area contributed by atoms with Crippen LogP contribution in [0.15, 0.2) is 36.9 Å². The number of anilines is 1. The fraction of sp³-hybridized carbons (Fsp3) is 0.154. The topological polar surface area (TPSA) is 81.4 Å². The summed E-state index contributed by atoms with van der Waals surface area (Å²) in [5.41, 5.74) is 2.11. The van der Waals surface area contributed by atoms with Crippen molar-refractivity contribution in [1.29, 1.82) is 0 Å². The Hall–Kier alpha value is -2.83. The molecule has 0 fully saturated rings. The van der Waals surface area contributed by atoms with Crippen LogP contribution in [0.3, 0.4) is 0 Å². The van der Waals surface area contributed by atoms with Gasteiger partial charge in [-0.1, -0.05) is 29.8 Å². The number of rotatable bonds is 3. The number of aromatic nitrogens is 6. The van der Waals surface area contributed by atoms with Gasteiger partial charge in [0.05, 0.1) is 0 Å². The Kier molecular flexibility index (Phi) is 3.08. The van der Waals surface area contributed by atoms with Gasteiger partial charge in [0.15, 0.2) is 5.82 Å². The molecule has 0 atom stereocenters.